The van der Waals surface area contributed by atoms with Gasteiger partial charge in [0.25, 0.3) is 0 Å². The molecule has 0 aliphatic rings. The molecule has 0 radical (unpaired) electrons. The number of unbranched alkanes of at least 4 members (excludes halogenated alkanes) is 1. The monoisotopic (exact) mass is 347 g/mol. The molecule has 25 heavy (non-hydrogen) atoms. The Bertz CT molecular complexity index is 687. The number of aliphatic imine (C=N–C) groups is 1. The third-order valence-corrected chi connectivity index (χ3v) is 3.98. The number of nitrogens with one attached hydrogen (secondary N) is 2. The van der Waals surface area contributed by atoms with Crippen molar-refractivity contribution < 1.29 is 4.52 Å². The summed E-state index contributed by atoms with van der Waals surface area (Å²) in [4.78, 5) is 4.61. The highest BCUT2D eigenvalue weighted by Crippen LogP contribution is 2.13. The molecule has 0 aliphatic carbocycles. The topological polar surface area (TPSA) is 93.2 Å². The number of rotatable bonds is 8. The van der Waals surface area contributed by atoms with Crippen molar-refractivity contribution in [2.75, 3.05) is 6.54 Å². The van der Waals surface area contributed by atoms with E-state index in [9.17, 15) is 0 Å². The van der Waals surface area contributed by atoms with Crippen LogP contribution in [-0.2, 0) is 20.1 Å². The fraction of sp³-hybridized carbons (Fsp3) is 0.647. The molecule has 2 aromatic rings. The van der Waals surface area contributed by atoms with Gasteiger partial charge in [-0.05, 0) is 19.3 Å². The van der Waals surface area contributed by atoms with Gasteiger partial charge in [-0.1, -0.05) is 32.3 Å². The molecule has 8 heteroatoms. The van der Waals surface area contributed by atoms with Crippen LogP contribution in [0.2, 0.25) is 0 Å². The fourth-order valence-corrected chi connectivity index (χ4v) is 2.15. The molecule has 2 rings (SSSR count). The second-order valence-electron chi connectivity index (χ2n) is 6.39. The molecule has 138 valence electrons. The minimum absolute atomic E-state index is 0.354. The first-order valence-corrected chi connectivity index (χ1v) is 8.83. The van der Waals surface area contributed by atoms with Gasteiger partial charge in [0.1, 0.15) is 12.4 Å². The molecule has 0 saturated heterocycles. The zero-order valence-corrected chi connectivity index (χ0v) is 15.8. The highest BCUT2D eigenvalue weighted by atomic mass is 16.5. The van der Waals surface area contributed by atoms with Crippen molar-refractivity contribution in [2.45, 2.75) is 59.5 Å². The molecule has 0 saturated carbocycles. The van der Waals surface area contributed by atoms with E-state index in [2.05, 4.69) is 51.8 Å². The van der Waals surface area contributed by atoms with Gasteiger partial charge in [0.05, 0.1) is 12.2 Å². The number of guanidine groups is 1. The molecular weight excluding hydrogens is 318 g/mol. The van der Waals surface area contributed by atoms with Gasteiger partial charge < -0.3 is 19.7 Å². The summed E-state index contributed by atoms with van der Waals surface area (Å²) >= 11 is 0. The predicted octanol–water partition coefficient (Wildman–Crippen LogP) is 2.27. The zero-order valence-electron chi connectivity index (χ0n) is 15.8. The van der Waals surface area contributed by atoms with Gasteiger partial charge in [-0.2, -0.15) is 0 Å². The van der Waals surface area contributed by atoms with Crippen LogP contribution in [0.15, 0.2) is 15.6 Å². The summed E-state index contributed by atoms with van der Waals surface area (Å²) in [6, 6.07) is 1.98. The summed E-state index contributed by atoms with van der Waals surface area (Å²) in [6.45, 7) is 10.1. The molecule has 0 spiro atoms. The molecule has 8 nitrogen and oxygen atoms in total. The maximum absolute atomic E-state index is 5.37. The van der Waals surface area contributed by atoms with Crippen molar-refractivity contribution in [1.82, 2.24) is 30.6 Å². The van der Waals surface area contributed by atoms with E-state index in [-0.39, 0.29) is 0 Å². The van der Waals surface area contributed by atoms with Gasteiger partial charge >= 0.3 is 0 Å². The van der Waals surface area contributed by atoms with E-state index in [1.807, 2.05) is 24.6 Å². The molecule has 2 heterocycles. The average molecular weight is 347 g/mol. The Kier molecular flexibility index (Phi) is 6.97. The Hall–Kier alpha value is -2.38. The minimum Gasteiger partial charge on any atom is -0.359 e. The highest BCUT2D eigenvalue weighted by Gasteiger charge is 2.09. The molecule has 0 atom stereocenters. The third-order valence-electron chi connectivity index (χ3n) is 3.98. The van der Waals surface area contributed by atoms with Crippen molar-refractivity contribution in [1.29, 1.82) is 0 Å². The first-order valence-electron chi connectivity index (χ1n) is 8.83. The van der Waals surface area contributed by atoms with Gasteiger partial charge in [-0.25, -0.2) is 4.99 Å². The van der Waals surface area contributed by atoms with Crippen molar-refractivity contribution in [2.24, 2.45) is 12.0 Å². The first kappa shape index (κ1) is 19.0. The number of aryl methyl sites for hydroxylation is 1. The Morgan fingerprint density at radius 3 is 2.72 bits per heavy atom. The molecule has 0 fully saturated rings. The van der Waals surface area contributed by atoms with E-state index in [4.69, 9.17) is 4.52 Å². The lowest BCUT2D eigenvalue weighted by Crippen LogP contribution is -2.37. The quantitative estimate of drug-likeness (QED) is 0.432. The Balaban J connectivity index is 1.98. The van der Waals surface area contributed by atoms with Crippen LogP contribution in [0.3, 0.4) is 0 Å². The summed E-state index contributed by atoms with van der Waals surface area (Å²) in [5, 5.41) is 18.9. The molecule has 0 aromatic carbocycles. The number of hydrogen-bond donors (Lipinski definition) is 2. The van der Waals surface area contributed by atoms with Crippen molar-refractivity contribution >= 4 is 5.96 Å². The van der Waals surface area contributed by atoms with Crippen LogP contribution in [0.25, 0.3) is 0 Å². The Morgan fingerprint density at radius 2 is 2.12 bits per heavy atom. The zero-order chi connectivity index (χ0) is 18.2. The van der Waals surface area contributed by atoms with Crippen LogP contribution in [-0.4, -0.2) is 32.4 Å². The van der Waals surface area contributed by atoms with Gasteiger partial charge in [-0.15, -0.1) is 10.2 Å². The van der Waals surface area contributed by atoms with E-state index >= 15 is 0 Å². The van der Waals surface area contributed by atoms with Crippen LogP contribution in [0.1, 0.15) is 62.6 Å². The third kappa shape index (κ3) is 5.58. The molecule has 0 bridgehead atoms. The standard InChI is InChI=1S/C17H29N7O/c1-6-7-8-18-17(20-11-16-22-21-13(4)24(16)5)19-10-14-9-15(12(2)3)23-25-14/h9,12H,6-8,10-11H2,1-5H3,(H2,18,19,20). The minimum atomic E-state index is 0.354. The van der Waals surface area contributed by atoms with Crippen molar-refractivity contribution in [3.63, 3.8) is 0 Å². The Morgan fingerprint density at radius 1 is 1.32 bits per heavy atom. The summed E-state index contributed by atoms with van der Waals surface area (Å²) < 4.78 is 7.31. The largest absolute Gasteiger partial charge is 0.359 e. The molecule has 0 amide bonds. The first-order chi connectivity index (χ1) is 12.0. The number of nitrogens with zero attached hydrogens (tertiary/aromatic N) is 5. The highest BCUT2D eigenvalue weighted by molar-refractivity contribution is 5.79. The van der Waals surface area contributed by atoms with E-state index < -0.39 is 0 Å². The maximum Gasteiger partial charge on any atom is 0.192 e. The summed E-state index contributed by atoms with van der Waals surface area (Å²) in [7, 11) is 1.94. The van der Waals surface area contributed by atoms with E-state index in [0.29, 0.717) is 19.0 Å². The summed E-state index contributed by atoms with van der Waals surface area (Å²) in [5.74, 6) is 3.59. The second kappa shape index (κ2) is 9.19. The Labute approximate surface area is 149 Å². The van der Waals surface area contributed by atoms with Crippen molar-refractivity contribution in [3.8, 4) is 0 Å². The molecular formula is C17H29N7O. The van der Waals surface area contributed by atoms with Crippen LogP contribution in [0.5, 0.6) is 0 Å². The normalized spacial score (nSPS) is 12.0. The summed E-state index contributed by atoms with van der Waals surface area (Å²) in [6.07, 6.45) is 2.21. The lowest BCUT2D eigenvalue weighted by Gasteiger charge is -2.11. The van der Waals surface area contributed by atoms with Gasteiger partial charge in [0.2, 0.25) is 0 Å². The molecule has 0 unspecified atom stereocenters. The number of hydrogen-bond acceptors (Lipinski definition) is 5. The van der Waals surface area contributed by atoms with E-state index in [1.54, 1.807) is 0 Å². The van der Waals surface area contributed by atoms with Crippen LogP contribution in [0, 0.1) is 6.92 Å². The SMILES string of the molecule is CCCCNC(=NCc1nnc(C)n1C)NCc1cc(C(C)C)no1. The van der Waals surface area contributed by atoms with Crippen molar-refractivity contribution in [3.05, 3.63) is 29.2 Å². The van der Waals surface area contributed by atoms with Gasteiger partial charge in [0, 0.05) is 19.7 Å². The fourth-order valence-electron chi connectivity index (χ4n) is 2.15. The van der Waals surface area contributed by atoms with Crippen LogP contribution in [0.4, 0.5) is 0 Å². The molecule has 2 N–H and O–H groups in total. The van der Waals surface area contributed by atoms with Crippen LogP contribution < -0.4 is 10.6 Å². The molecule has 2 aromatic heterocycles. The van der Waals surface area contributed by atoms with E-state index in [1.165, 1.54) is 0 Å². The smallest absolute Gasteiger partial charge is 0.192 e. The van der Waals surface area contributed by atoms with E-state index in [0.717, 1.165) is 48.4 Å². The van der Waals surface area contributed by atoms with Gasteiger partial charge in [0.15, 0.2) is 17.5 Å². The van der Waals surface area contributed by atoms with Gasteiger partial charge in [-0.3, -0.25) is 0 Å². The number of aromatic nitrogens is 4. The lowest BCUT2D eigenvalue weighted by molar-refractivity contribution is 0.372. The lowest BCUT2D eigenvalue weighted by atomic mass is 10.1. The average Bonchev–Trinajstić information content (AvgIpc) is 3.18. The molecule has 0 aliphatic heterocycles. The maximum atomic E-state index is 5.37. The predicted molar refractivity (Wildman–Crippen MR) is 97.2 cm³/mol. The summed E-state index contributed by atoms with van der Waals surface area (Å²) in [5.41, 5.74) is 0.962. The van der Waals surface area contributed by atoms with Crippen LogP contribution >= 0.6 is 0 Å². The second-order valence-corrected chi connectivity index (χ2v) is 6.39.